The molecule has 1 rings (SSSR count). The Bertz CT molecular complexity index is 306. The third kappa shape index (κ3) is 2.01. The van der Waals surface area contributed by atoms with Gasteiger partial charge in [0.2, 0.25) is 3.79 Å². The van der Waals surface area contributed by atoms with Gasteiger partial charge < -0.3 is 5.11 Å². The van der Waals surface area contributed by atoms with Crippen LogP contribution in [0.2, 0.25) is 0 Å². The van der Waals surface area contributed by atoms with E-state index in [1.807, 2.05) is 0 Å². The topological polar surface area (TPSA) is 50.2 Å². The van der Waals surface area contributed by atoms with Crippen LogP contribution in [0.5, 0.6) is 0 Å². The van der Waals surface area contributed by atoms with Crippen LogP contribution < -0.4 is 0 Å². The summed E-state index contributed by atoms with van der Waals surface area (Å²) in [5, 5.41) is 8.61. The van der Waals surface area contributed by atoms with Crippen molar-refractivity contribution in [3.8, 4) is 0 Å². The molecule has 3 nitrogen and oxygen atoms in total. The molecule has 0 atom stereocenters. The van der Waals surface area contributed by atoms with Gasteiger partial charge >= 0.3 is 5.97 Å². The van der Waals surface area contributed by atoms with Crippen LogP contribution in [0.15, 0.2) is 5.51 Å². The first kappa shape index (κ1) is 10.1. The van der Waals surface area contributed by atoms with Crippen molar-refractivity contribution in [2.75, 3.05) is 0 Å². The Morgan fingerprint density at radius 2 is 2.17 bits per heavy atom. The fourth-order valence-corrected chi connectivity index (χ4v) is 1.88. The largest absolute Gasteiger partial charge is 0.477 e. The first-order valence-electron chi connectivity index (χ1n) is 2.67. The van der Waals surface area contributed by atoms with Gasteiger partial charge in [-0.25, -0.2) is 9.78 Å². The summed E-state index contributed by atoms with van der Waals surface area (Å²) in [6, 6.07) is 0. The minimum Gasteiger partial charge on any atom is -0.477 e. The third-order valence-corrected chi connectivity index (χ3v) is 2.38. The van der Waals surface area contributed by atoms with E-state index >= 15 is 0 Å². The molecule has 1 aromatic heterocycles. The third-order valence-electron chi connectivity index (χ3n) is 1.03. The van der Waals surface area contributed by atoms with Gasteiger partial charge in [-0.1, -0.05) is 34.8 Å². The van der Waals surface area contributed by atoms with Crippen LogP contribution in [0.4, 0.5) is 0 Å². The number of halogens is 3. The predicted octanol–water partition coefficient (Wildman–Crippen LogP) is 2.67. The highest BCUT2D eigenvalue weighted by molar-refractivity contribution is 7.12. The number of carboxylic acids is 1. The van der Waals surface area contributed by atoms with Gasteiger partial charge in [0.25, 0.3) is 0 Å². The van der Waals surface area contributed by atoms with Crippen molar-refractivity contribution >= 4 is 52.1 Å². The van der Waals surface area contributed by atoms with E-state index in [4.69, 9.17) is 39.9 Å². The molecule has 0 spiro atoms. The molecule has 0 saturated heterocycles. The molecule has 0 aliphatic carbocycles. The van der Waals surface area contributed by atoms with E-state index in [1.165, 1.54) is 5.51 Å². The van der Waals surface area contributed by atoms with Crippen molar-refractivity contribution < 1.29 is 9.90 Å². The van der Waals surface area contributed by atoms with Crippen molar-refractivity contribution in [1.29, 1.82) is 0 Å². The summed E-state index contributed by atoms with van der Waals surface area (Å²) in [7, 11) is 0. The average Bonchev–Trinajstić information content (AvgIpc) is 2.30. The van der Waals surface area contributed by atoms with Crippen LogP contribution >= 0.6 is 46.1 Å². The minimum absolute atomic E-state index is 0.0370. The van der Waals surface area contributed by atoms with Crippen LogP contribution in [0, 0.1) is 0 Å². The predicted molar refractivity (Wildman–Crippen MR) is 48.3 cm³/mol. The summed E-state index contributed by atoms with van der Waals surface area (Å²) in [5.74, 6) is -1.14. The zero-order chi connectivity index (χ0) is 9.35. The van der Waals surface area contributed by atoms with Gasteiger partial charge in [0.15, 0.2) is 0 Å². The first-order valence-corrected chi connectivity index (χ1v) is 4.68. The van der Waals surface area contributed by atoms with Crippen LogP contribution in [-0.2, 0) is 3.79 Å². The minimum atomic E-state index is -1.77. The van der Waals surface area contributed by atoms with E-state index in [0.29, 0.717) is 0 Å². The van der Waals surface area contributed by atoms with Crippen molar-refractivity contribution in [3.05, 3.63) is 16.1 Å². The number of thiazole rings is 1. The smallest absolute Gasteiger partial charge is 0.347 e. The summed E-state index contributed by atoms with van der Waals surface area (Å²) in [4.78, 5) is 14.1. The number of carbonyl (C=O) groups is 1. The Balaban J connectivity index is 3.17. The summed E-state index contributed by atoms with van der Waals surface area (Å²) < 4.78 is -1.77. The quantitative estimate of drug-likeness (QED) is 0.775. The number of aromatic nitrogens is 1. The molecule has 0 aliphatic heterocycles. The number of aromatic carboxylic acids is 1. The molecule has 0 fully saturated rings. The van der Waals surface area contributed by atoms with E-state index in [2.05, 4.69) is 4.98 Å². The molecule has 12 heavy (non-hydrogen) atoms. The normalized spacial score (nSPS) is 11.6. The summed E-state index contributed by atoms with van der Waals surface area (Å²) >= 11 is 17.3. The van der Waals surface area contributed by atoms with Crippen LogP contribution in [0.3, 0.4) is 0 Å². The lowest BCUT2D eigenvalue weighted by atomic mass is 10.4. The zero-order valence-corrected chi connectivity index (χ0v) is 8.51. The van der Waals surface area contributed by atoms with E-state index in [9.17, 15) is 4.79 Å². The lowest BCUT2D eigenvalue weighted by Crippen LogP contribution is -2.07. The van der Waals surface area contributed by atoms with Gasteiger partial charge in [0, 0.05) is 0 Å². The molecular formula is C5H2Cl3NO2S. The van der Waals surface area contributed by atoms with Crippen LogP contribution in [0.25, 0.3) is 0 Å². The highest BCUT2D eigenvalue weighted by atomic mass is 35.6. The average molecular weight is 247 g/mol. The Morgan fingerprint density at radius 3 is 2.50 bits per heavy atom. The molecule has 1 N–H and O–H groups in total. The number of alkyl halides is 3. The van der Waals surface area contributed by atoms with Crippen molar-refractivity contribution in [2.45, 2.75) is 3.79 Å². The Morgan fingerprint density at radius 1 is 1.58 bits per heavy atom. The lowest BCUT2D eigenvalue weighted by Gasteiger charge is -2.07. The fourth-order valence-electron chi connectivity index (χ4n) is 0.600. The number of rotatable bonds is 1. The SMILES string of the molecule is O=C(O)c1scnc1C(Cl)(Cl)Cl. The van der Waals surface area contributed by atoms with Crippen molar-refractivity contribution in [1.82, 2.24) is 4.98 Å². The fraction of sp³-hybridized carbons (Fsp3) is 0.200. The molecule has 0 amide bonds. The van der Waals surface area contributed by atoms with Gasteiger partial charge in [-0.3, -0.25) is 0 Å². The Kier molecular flexibility index (Phi) is 2.83. The van der Waals surface area contributed by atoms with E-state index in [0.717, 1.165) is 11.3 Å². The number of carboxylic acid groups (broad SMARTS) is 1. The summed E-state index contributed by atoms with van der Waals surface area (Å²) in [6.07, 6.45) is 0. The van der Waals surface area contributed by atoms with Crippen LogP contribution in [-0.4, -0.2) is 16.1 Å². The number of hydrogen-bond acceptors (Lipinski definition) is 3. The monoisotopic (exact) mass is 245 g/mol. The van der Waals surface area contributed by atoms with Gasteiger partial charge in [-0.15, -0.1) is 11.3 Å². The Hall–Kier alpha value is -0.0300. The lowest BCUT2D eigenvalue weighted by molar-refractivity contribution is 0.0701. The standard InChI is InChI=1S/C5H2Cl3NO2S/c6-5(7,8)3-2(4(10)11)12-1-9-3/h1H,(H,10,11). The van der Waals surface area contributed by atoms with Crippen LogP contribution in [0.1, 0.15) is 15.4 Å². The number of nitrogens with zero attached hydrogens (tertiary/aromatic N) is 1. The maximum Gasteiger partial charge on any atom is 0.347 e. The van der Waals surface area contributed by atoms with Gasteiger partial charge in [0.05, 0.1) is 5.51 Å². The second-order valence-electron chi connectivity index (χ2n) is 1.83. The second kappa shape index (κ2) is 3.38. The zero-order valence-electron chi connectivity index (χ0n) is 5.42. The van der Waals surface area contributed by atoms with Gasteiger partial charge in [-0.2, -0.15) is 0 Å². The summed E-state index contributed by atoms with van der Waals surface area (Å²) in [6.45, 7) is 0. The highest BCUT2D eigenvalue weighted by Crippen LogP contribution is 2.40. The molecule has 0 saturated carbocycles. The second-order valence-corrected chi connectivity index (χ2v) is 4.97. The first-order chi connectivity index (χ1) is 5.43. The van der Waals surface area contributed by atoms with Gasteiger partial charge in [0.1, 0.15) is 10.6 Å². The van der Waals surface area contributed by atoms with E-state index in [1.54, 1.807) is 0 Å². The maximum absolute atomic E-state index is 10.5. The molecule has 0 unspecified atom stereocenters. The molecule has 0 aliphatic rings. The summed E-state index contributed by atoms with van der Waals surface area (Å²) in [5.41, 5.74) is 1.28. The molecule has 0 bridgehead atoms. The van der Waals surface area contributed by atoms with E-state index < -0.39 is 9.76 Å². The Labute approximate surface area is 86.9 Å². The molecule has 0 radical (unpaired) electrons. The molecule has 1 aromatic rings. The molecular weight excluding hydrogens is 244 g/mol. The van der Waals surface area contributed by atoms with E-state index in [-0.39, 0.29) is 10.6 Å². The van der Waals surface area contributed by atoms with Gasteiger partial charge in [-0.05, 0) is 0 Å². The molecule has 0 aromatic carbocycles. The number of hydrogen-bond donors (Lipinski definition) is 1. The molecule has 66 valence electrons. The highest BCUT2D eigenvalue weighted by Gasteiger charge is 2.31. The van der Waals surface area contributed by atoms with Crippen molar-refractivity contribution in [2.24, 2.45) is 0 Å². The van der Waals surface area contributed by atoms with Crippen molar-refractivity contribution in [3.63, 3.8) is 0 Å². The molecule has 7 heteroatoms. The maximum atomic E-state index is 10.5. The molecule has 1 heterocycles.